The average Bonchev–Trinajstić information content (AvgIpc) is 3.02. The van der Waals surface area contributed by atoms with Crippen molar-refractivity contribution in [1.29, 1.82) is 0 Å². The minimum absolute atomic E-state index is 0.136. The summed E-state index contributed by atoms with van der Waals surface area (Å²) >= 11 is 0. The minimum atomic E-state index is -0.592. The minimum Gasteiger partial charge on any atom is -0.495 e. The number of aryl methyl sites for hydroxylation is 1. The normalized spacial score (nSPS) is 10.5. The molecule has 0 fully saturated rings. The molecular formula is C19H18N2O4. The number of furan rings is 1. The predicted octanol–water partition coefficient (Wildman–Crippen LogP) is 3.34. The molecule has 2 heterocycles. The third-order valence-electron chi connectivity index (χ3n) is 3.78. The third kappa shape index (κ3) is 3.80. The number of carbonyl (C=O) groups is 1. The highest BCUT2D eigenvalue weighted by Gasteiger charge is 2.12. The second-order valence-electron chi connectivity index (χ2n) is 5.45. The number of pyridine rings is 1. The second-order valence-corrected chi connectivity index (χ2v) is 5.45. The van der Waals surface area contributed by atoms with Crippen molar-refractivity contribution in [2.45, 2.75) is 13.5 Å². The number of primary amides is 1. The molecule has 0 saturated heterocycles. The van der Waals surface area contributed by atoms with Crippen LogP contribution in [0.4, 0.5) is 0 Å². The largest absolute Gasteiger partial charge is 0.495 e. The fraction of sp³-hybridized carbons (Fsp3) is 0.158. The molecule has 0 spiro atoms. The highest BCUT2D eigenvalue weighted by molar-refractivity contribution is 5.90. The van der Waals surface area contributed by atoms with E-state index in [1.54, 1.807) is 26.3 Å². The van der Waals surface area contributed by atoms with Gasteiger partial charge in [-0.25, -0.2) is 0 Å². The van der Waals surface area contributed by atoms with Gasteiger partial charge >= 0.3 is 0 Å². The zero-order valence-corrected chi connectivity index (χ0v) is 14.0. The van der Waals surface area contributed by atoms with Gasteiger partial charge in [0.25, 0.3) is 5.91 Å². The Kier molecular flexibility index (Phi) is 4.70. The van der Waals surface area contributed by atoms with E-state index in [0.717, 1.165) is 22.6 Å². The summed E-state index contributed by atoms with van der Waals surface area (Å²) < 4.78 is 16.1. The van der Waals surface area contributed by atoms with Gasteiger partial charge in [-0.05, 0) is 49.4 Å². The molecule has 0 bridgehead atoms. The lowest BCUT2D eigenvalue weighted by atomic mass is 10.1. The maximum atomic E-state index is 11.1. The van der Waals surface area contributed by atoms with E-state index in [-0.39, 0.29) is 5.76 Å². The summed E-state index contributed by atoms with van der Waals surface area (Å²) in [6, 6.07) is 13.0. The Morgan fingerprint density at radius 3 is 2.44 bits per heavy atom. The first kappa shape index (κ1) is 16.6. The first-order valence-electron chi connectivity index (χ1n) is 7.69. The molecule has 6 nitrogen and oxygen atoms in total. The molecule has 3 aromatic rings. The van der Waals surface area contributed by atoms with Crippen molar-refractivity contribution in [3.63, 3.8) is 0 Å². The number of ether oxygens (including phenoxy) is 2. The summed E-state index contributed by atoms with van der Waals surface area (Å²) in [6.45, 7) is 2.06. The number of hydrogen-bond donors (Lipinski definition) is 1. The van der Waals surface area contributed by atoms with Crippen LogP contribution in [0.1, 0.15) is 21.9 Å². The van der Waals surface area contributed by atoms with Crippen molar-refractivity contribution in [3.05, 3.63) is 65.7 Å². The second kappa shape index (κ2) is 7.09. The molecule has 0 radical (unpaired) electrons. The van der Waals surface area contributed by atoms with E-state index in [2.05, 4.69) is 4.98 Å². The quantitative estimate of drug-likeness (QED) is 0.745. The van der Waals surface area contributed by atoms with Gasteiger partial charge in [-0.3, -0.25) is 9.78 Å². The first-order valence-corrected chi connectivity index (χ1v) is 7.69. The molecule has 3 rings (SSSR count). The number of rotatable bonds is 6. The fourth-order valence-corrected chi connectivity index (χ4v) is 2.34. The van der Waals surface area contributed by atoms with Crippen LogP contribution in [0.3, 0.4) is 0 Å². The molecule has 0 aliphatic heterocycles. The zero-order chi connectivity index (χ0) is 17.8. The highest BCUT2D eigenvalue weighted by Crippen LogP contribution is 2.23. The molecular weight excluding hydrogens is 320 g/mol. The van der Waals surface area contributed by atoms with Gasteiger partial charge in [0.2, 0.25) is 0 Å². The molecule has 2 N–H and O–H groups in total. The number of nitrogens with two attached hydrogens (primary N) is 1. The molecule has 6 heteroatoms. The van der Waals surface area contributed by atoms with Crippen LogP contribution in [0.5, 0.6) is 11.5 Å². The molecule has 0 saturated carbocycles. The number of methoxy groups -OCH3 is 1. The molecule has 128 valence electrons. The predicted molar refractivity (Wildman–Crippen MR) is 92.5 cm³/mol. The molecule has 1 amide bonds. The molecule has 2 aromatic heterocycles. The maximum Gasteiger partial charge on any atom is 0.284 e. The SMILES string of the molecule is COc1ccc(-c2ccc(OCc3cc(C(N)=O)oc3C)cc2)nc1. The first-order chi connectivity index (χ1) is 12.1. The van der Waals surface area contributed by atoms with Crippen molar-refractivity contribution in [2.24, 2.45) is 5.73 Å². The Balaban J connectivity index is 1.67. The number of aromatic nitrogens is 1. The summed E-state index contributed by atoms with van der Waals surface area (Å²) in [5, 5.41) is 0. The van der Waals surface area contributed by atoms with Crippen molar-refractivity contribution in [3.8, 4) is 22.8 Å². The van der Waals surface area contributed by atoms with Gasteiger partial charge in [0.05, 0.1) is 19.0 Å². The number of nitrogens with zero attached hydrogens (tertiary/aromatic N) is 1. The van der Waals surface area contributed by atoms with Crippen LogP contribution in [0, 0.1) is 6.92 Å². The van der Waals surface area contributed by atoms with E-state index in [9.17, 15) is 4.79 Å². The summed E-state index contributed by atoms with van der Waals surface area (Å²) in [5.74, 6) is 1.59. The van der Waals surface area contributed by atoms with Gasteiger partial charge in [-0.15, -0.1) is 0 Å². The van der Waals surface area contributed by atoms with Crippen LogP contribution in [-0.2, 0) is 6.61 Å². The van der Waals surface area contributed by atoms with Crippen molar-refractivity contribution in [2.75, 3.05) is 7.11 Å². The van der Waals surface area contributed by atoms with Gasteiger partial charge in [0.15, 0.2) is 5.76 Å². The van der Waals surface area contributed by atoms with Gasteiger partial charge < -0.3 is 19.6 Å². The van der Waals surface area contributed by atoms with Crippen LogP contribution in [0.15, 0.2) is 53.1 Å². The van der Waals surface area contributed by atoms with Crippen LogP contribution < -0.4 is 15.2 Å². The molecule has 1 aromatic carbocycles. The summed E-state index contributed by atoms with van der Waals surface area (Å²) in [5.41, 5.74) is 7.82. The van der Waals surface area contributed by atoms with E-state index < -0.39 is 5.91 Å². The molecule has 0 aliphatic carbocycles. The lowest BCUT2D eigenvalue weighted by Crippen LogP contribution is -2.09. The monoisotopic (exact) mass is 338 g/mol. The smallest absolute Gasteiger partial charge is 0.284 e. The zero-order valence-electron chi connectivity index (χ0n) is 14.0. The average molecular weight is 338 g/mol. The molecule has 0 aliphatic rings. The fourth-order valence-electron chi connectivity index (χ4n) is 2.34. The van der Waals surface area contributed by atoms with Crippen molar-refractivity contribution in [1.82, 2.24) is 4.98 Å². The van der Waals surface area contributed by atoms with E-state index in [0.29, 0.717) is 18.1 Å². The number of amides is 1. The molecule has 0 atom stereocenters. The third-order valence-corrected chi connectivity index (χ3v) is 3.78. The summed E-state index contributed by atoms with van der Waals surface area (Å²) in [4.78, 5) is 15.5. The number of carbonyl (C=O) groups excluding carboxylic acids is 1. The standard InChI is InChI=1S/C19H18N2O4/c1-12-14(9-18(25-12)19(20)22)11-24-15-5-3-13(4-6-15)17-8-7-16(23-2)10-21-17/h3-10H,11H2,1-2H3,(H2,20,22). The summed E-state index contributed by atoms with van der Waals surface area (Å²) in [7, 11) is 1.61. The number of benzene rings is 1. The van der Waals surface area contributed by atoms with Crippen LogP contribution in [0.2, 0.25) is 0 Å². The Morgan fingerprint density at radius 2 is 1.88 bits per heavy atom. The van der Waals surface area contributed by atoms with E-state index in [1.165, 1.54) is 0 Å². The van der Waals surface area contributed by atoms with Gasteiger partial charge in [0.1, 0.15) is 23.9 Å². The van der Waals surface area contributed by atoms with Gasteiger partial charge in [0, 0.05) is 11.1 Å². The van der Waals surface area contributed by atoms with E-state index in [4.69, 9.17) is 19.6 Å². The Bertz CT molecular complexity index is 867. The Morgan fingerprint density at radius 1 is 1.16 bits per heavy atom. The van der Waals surface area contributed by atoms with Crippen LogP contribution in [0.25, 0.3) is 11.3 Å². The van der Waals surface area contributed by atoms with Gasteiger partial charge in [-0.2, -0.15) is 0 Å². The lowest BCUT2D eigenvalue weighted by Gasteiger charge is -2.07. The lowest BCUT2D eigenvalue weighted by molar-refractivity contribution is 0.0972. The van der Waals surface area contributed by atoms with E-state index >= 15 is 0 Å². The highest BCUT2D eigenvalue weighted by atomic mass is 16.5. The van der Waals surface area contributed by atoms with Crippen molar-refractivity contribution < 1.29 is 18.7 Å². The maximum absolute atomic E-state index is 11.1. The topological polar surface area (TPSA) is 87.6 Å². The number of hydrogen-bond acceptors (Lipinski definition) is 5. The van der Waals surface area contributed by atoms with Gasteiger partial charge in [-0.1, -0.05) is 0 Å². The molecule has 0 unspecified atom stereocenters. The van der Waals surface area contributed by atoms with E-state index in [1.807, 2.05) is 36.4 Å². The van der Waals surface area contributed by atoms with Crippen LogP contribution >= 0.6 is 0 Å². The van der Waals surface area contributed by atoms with Crippen molar-refractivity contribution >= 4 is 5.91 Å². The summed E-state index contributed by atoms with van der Waals surface area (Å²) in [6.07, 6.45) is 1.68. The molecule has 25 heavy (non-hydrogen) atoms. The Hall–Kier alpha value is -3.28. The Labute approximate surface area is 145 Å². The van der Waals surface area contributed by atoms with Crippen LogP contribution in [-0.4, -0.2) is 18.0 Å².